The van der Waals surface area contributed by atoms with Crippen LogP contribution >= 0.6 is 11.8 Å². The molecule has 1 aliphatic heterocycles. The van der Waals surface area contributed by atoms with Crippen LogP contribution in [0.3, 0.4) is 0 Å². The SMILES string of the molecule is CC1(C)CCSc2ccc(-c3cc4ccc(C(=O)O)cc4[nH]3)cc21. The van der Waals surface area contributed by atoms with Crippen LogP contribution in [-0.4, -0.2) is 21.8 Å². The summed E-state index contributed by atoms with van der Waals surface area (Å²) in [6.07, 6.45) is 1.18. The summed E-state index contributed by atoms with van der Waals surface area (Å²) in [6, 6.07) is 13.9. The van der Waals surface area contributed by atoms with Crippen molar-refractivity contribution in [2.45, 2.75) is 30.6 Å². The Labute approximate surface area is 145 Å². The van der Waals surface area contributed by atoms with Crippen LogP contribution in [-0.2, 0) is 5.41 Å². The van der Waals surface area contributed by atoms with Crippen LogP contribution in [0.1, 0.15) is 36.2 Å². The highest BCUT2D eigenvalue weighted by Gasteiger charge is 2.28. The summed E-state index contributed by atoms with van der Waals surface area (Å²) in [5.74, 6) is 0.268. The lowest BCUT2D eigenvalue weighted by molar-refractivity contribution is 0.0697. The molecule has 122 valence electrons. The zero-order valence-corrected chi connectivity index (χ0v) is 14.5. The van der Waals surface area contributed by atoms with Gasteiger partial charge >= 0.3 is 5.97 Å². The summed E-state index contributed by atoms with van der Waals surface area (Å²) >= 11 is 1.93. The minimum Gasteiger partial charge on any atom is -0.478 e. The van der Waals surface area contributed by atoms with E-state index in [2.05, 4.69) is 43.1 Å². The summed E-state index contributed by atoms with van der Waals surface area (Å²) in [5.41, 5.74) is 4.94. The first-order valence-corrected chi connectivity index (χ1v) is 9.06. The number of aromatic amines is 1. The molecule has 0 radical (unpaired) electrons. The van der Waals surface area contributed by atoms with Gasteiger partial charge in [0.1, 0.15) is 0 Å². The molecule has 0 aliphatic carbocycles. The quantitative estimate of drug-likeness (QED) is 0.666. The molecule has 2 heterocycles. The minimum absolute atomic E-state index is 0.194. The molecular formula is C20H19NO2S. The number of benzene rings is 2. The van der Waals surface area contributed by atoms with Crippen LogP contribution in [0.25, 0.3) is 22.2 Å². The van der Waals surface area contributed by atoms with Gasteiger partial charge in [-0.1, -0.05) is 26.0 Å². The van der Waals surface area contributed by atoms with Crippen molar-refractivity contribution in [1.29, 1.82) is 0 Å². The van der Waals surface area contributed by atoms with Gasteiger partial charge in [-0.15, -0.1) is 11.8 Å². The summed E-state index contributed by atoms with van der Waals surface area (Å²) < 4.78 is 0. The molecule has 0 bridgehead atoms. The molecule has 3 nitrogen and oxygen atoms in total. The smallest absolute Gasteiger partial charge is 0.335 e. The lowest BCUT2D eigenvalue weighted by atomic mass is 9.81. The number of fused-ring (bicyclic) bond motifs is 2. The van der Waals surface area contributed by atoms with Crippen molar-refractivity contribution in [3.8, 4) is 11.3 Å². The van der Waals surface area contributed by atoms with Gasteiger partial charge in [0.15, 0.2) is 0 Å². The van der Waals surface area contributed by atoms with Crippen LogP contribution in [0.15, 0.2) is 47.4 Å². The van der Waals surface area contributed by atoms with Crippen molar-refractivity contribution in [3.05, 3.63) is 53.6 Å². The molecule has 0 saturated carbocycles. The number of carbonyl (C=O) groups is 1. The number of carboxylic acids is 1. The molecule has 2 aromatic carbocycles. The Morgan fingerprint density at radius 3 is 2.79 bits per heavy atom. The van der Waals surface area contributed by atoms with Gasteiger partial charge in [-0.05, 0) is 59.0 Å². The van der Waals surface area contributed by atoms with Gasteiger partial charge < -0.3 is 10.1 Å². The maximum atomic E-state index is 11.1. The maximum absolute atomic E-state index is 11.1. The van der Waals surface area contributed by atoms with Crippen LogP contribution < -0.4 is 0 Å². The predicted octanol–water partition coefficient (Wildman–Crippen LogP) is 5.31. The Balaban J connectivity index is 1.81. The highest BCUT2D eigenvalue weighted by atomic mass is 32.2. The van der Waals surface area contributed by atoms with Crippen molar-refractivity contribution in [3.63, 3.8) is 0 Å². The number of hydrogen-bond acceptors (Lipinski definition) is 2. The molecule has 2 N–H and O–H groups in total. The van der Waals surface area contributed by atoms with Crippen molar-refractivity contribution < 1.29 is 9.90 Å². The van der Waals surface area contributed by atoms with Crippen LogP contribution in [0, 0.1) is 0 Å². The Bertz CT molecular complexity index is 955. The Hall–Kier alpha value is -2.20. The molecule has 1 aliphatic rings. The molecular weight excluding hydrogens is 318 g/mol. The summed E-state index contributed by atoms with van der Waals surface area (Å²) in [4.78, 5) is 15.9. The van der Waals surface area contributed by atoms with E-state index < -0.39 is 5.97 Å². The molecule has 24 heavy (non-hydrogen) atoms. The van der Waals surface area contributed by atoms with Gasteiger partial charge in [0.2, 0.25) is 0 Å². The van der Waals surface area contributed by atoms with E-state index in [1.54, 1.807) is 12.1 Å². The highest BCUT2D eigenvalue weighted by Crippen LogP contribution is 2.43. The normalized spacial score (nSPS) is 16.1. The van der Waals surface area contributed by atoms with Gasteiger partial charge in [-0.25, -0.2) is 4.79 Å². The van der Waals surface area contributed by atoms with Gasteiger partial charge in [0, 0.05) is 21.5 Å². The van der Waals surface area contributed by atoms with Crippen molar-refractivity contribution in [2.75, 3.05) is 5.75 Å². The highest BCUT2D eigenvalue weighted by molar-refractivity contribution is 7.99. The van der Waals surface area contributed by atoms with E-state index in [1.165, 1.54) is 22.6 Å². The van der Waals surface area contributed by atoms with Crippen LogP contribution in [0.5, 0.6) is 0 Å². The van der Waals surface area contributed by atoms with E-state index in [9.17, 15) is 4.79 Å². The van der Waals surface area contributed by atoms with E-state index >= 15 is 0 Å². The lowest BCUT2D eigenvalue weighted by Gasteiger charge is -2.32. The van der Waals surface area contributed by atoms with E-state index in [0.29, 0.717) is 5.56 Å². The van der Waals surface area contributed by atoms with E-state index in [4.69, 9.17) is 5.11 Å². The summed E-state index contributed by atoms with van der Waals surface area (Å²) in [7, 11) is 0. The Morgan fingerprint density at radius 1 is 1.17 bits per heavy atom. The zero-order valence-electron chi connectivity index (χ0n) is 13.7. The molecule has 0 spiro atoms. The molecule has 0 atom stereocenters. The fourth-order valence-electron chi connectivity index (χ4n) is 3.32. The standard InChI is InChI=1S/C20H19NO2S/c1-20(2)7-8-24-18-6-5-12(9-15(18)20)16-10-13-3-4-14(19(22)23)11-17(13)21-16/h3-6,9-11,21H,7-8H2,1-2H3,(H,22,23). The second-order valence-corrected chi connectivity index (χ2v) is 8.12. The van der Waals surface area contributed by atoms with Crippen molar-refractivity contribution in [2.24, 2.45) is 0 Å². The number of aromatic carboxylic acids is 1. The number of thioether (sulfide) groups is 1. The van der Waals surface area contributed by atoms with Gasteiger partial charge in [0.05, 0.1) is 5.56 Å². The van der Waals surface area contributed by atoms with Gasteiger partial charge in [-0.2, -0.15) is 0 Å². The first-order chi connectivity index (χ1) is 11.4. The molecule has 0 amide bonds. The fraction of sp³-hybridized carbons (Fsp3) is 0.250. The third-order valence-electron chi connectivity index (χ3n) is 4.87. The molecule has 4 heteroatoms. The molecule has 0 fully saturated rings. The summed E-state index contributed by atoms with van der Waals surface area (Å²) in [5, 5.41) is 10.2. The minimum atomic E-state index is -0.902. The van der Waals surface area contributed by atoms with E-state index in [0.717, 1.165) is 22.2 Å². The van der Waals surface area contributed by atoms with Crippen LogP contribution in [0.4, 0.5) is 0 Å². The zero-order chi connectivity index (χ0) is 16.9. The second-order valence-electron chi connectivity index (χ2n) is 6.98. The maximum Gasteiger partial charge on any atom is 0.335 e. The average Bonchev–Trinajstić information content (AvgIpc) is 2.97. The Morgan fingerprint density at radius 2 is 2.00 bits per heavy atom. The number of rotatable bonds is 2. The van der Waals surface area contributed by atoms with Crippen molar-refractivity contribution in [1.82, 2.24) is 4.98 Å². The Kier molecular flexibility index (Phi) is 3.46. The topological polar surface area (TPSA) is 53.1 Å². The molecule has 0 unspecified atom stereocenters. The number of carboxylic acid groups (broad SMARTS) is 1. The van der Waals surface area contributed by atoms with Gasteiger partial charge in [0.25, 0.3) is 0 Å². The molecule has 4 rings (SSSR count). The largest absolute Gasteiger partial charge is 0.478 e. The lowest BCUT2D eigenvalue weighted by Crippen LogP contribution is -2.22. The second kappa shape index (κ2) is 5.42. The third-order valence-corrected chi connectivity index (χ3v) is 5.95. The number of hydrogen-bond donors (Lipinski definition) is 2. The first-order valence-electron chi connectivity index (χ1n) is 8.08. The van der Waals surface area contributed by atoms with Crippen LogP contribution in [0.2, 0.25) is 0 Å². The fourth-order valence-corrected chi connectivity index (χ4v) is 4.81. The first kappa shape index (κ1) is 15.3. The molecule has 3 aromatic rings. The molecule has 0 saturated heterocycles. The number of H-pyrrole nitrogens is 1. The number of aromatic nitrogens is 1. The van der Waals surface area contributed by atoms with E-state index in [1.807, 2.05) is 17.8 Å². The molecule has 1 aromatic heterocycles. The average molecular weight is 337 g/mol. The predicted molar refractivity (Wildman–Crippen MR) is 99.1 cm³/mol. The number of nitrogens with one attached hydrogen (secondary N) is 1. The third kappa shape index (κ3) is 2.51. The van der Waals surface area contributed by atoms with Gasteiger partial charge in [-0.3, -0.25) is 0 Å². The summed E-state index contributed by atoms with van der Waals surface area (Å²) in [6.45, 7) is 4.61. The van der Waals surface area contributed by atoms with Crippen molar-refractivity contribution >= 4 is 28.6 Å². The van der Waals surface area contributed by atoms with E-state index in [-0.39, 0.29) is 5.41 Å². The monoisotopic (exact) mass is 337 g/mol.